The van der Waals surface area contributed by atoms with Gasteiger partial charge in [-0.1, -0.05) is 35.2 Å². The Morgan fingerprint density at radius 3 is 2.37 bits per heavy atom. The molecule has 1 fully saturated rings. The molecule has 1 aromatic carbocycles. The Kier molecular flexibility index (Phi) is 5.71. The van der Waals surface area contributed by atoms with Gasteiger partial charge in [-0.05, 0) is 50.6 Å². The first-order valence-electron chi connectivity index (χ1n) is 7.44. The van der Waals surface area contributed by atoms with E-state index in [9.17, 15) is 0 Å². The van der Waals surface area contributed by atoms with Crippen molar-refractivity contribution >= 4 is 21.6 Å². The zero-order valence-corrected chi connectivity index (χ0v) is 13.7. The Bertz CT molecular complexity index is 398. The lowest BCUT2D eigenvalue weighted by Gasteiger charge is -2.30. The lowest BCUT2D eigenvalue weighted by atomic mass is 10.0. The summed E-state index contributed by atoms with van der Waals surface area (Å²) in [6.07, 6.45) is 6.81. The van der Waals surface area contributed by atoms with Gasteiger partial charge in [-0.15, -0.1) is 0 Å². The van der Waals surface area contributed by atoms with Crippen LogP contribution in [0.2, 0.25) is 0 Å². The van der Waals surface area contributed by atoms with Crippen molar-refractivity contribution in [1.29, 1.82) is 0 Å². The summed E-state index contributed by atoms with van der Waals surface area (Å²) >= 11 is 3.60. The summed E-state index contributed by atoms with van der Waals surface area (Å²) in [4.78, 5) is 2.58. The molecule has 0 saturated carbocycles. The second kappa shape index (κ2) is 7.30. The van der Waals surface area contributed by atoms with Crippen LogP contribution in [0.3, 0.4) is 0 Å². The fraction of sp³-hybridized carbons (Fsp3) is 0.625. The summed E-state index contributed by atoms with van der Waals surface area (Å²) in [5, 5.41) is 3.37. The minimum Gasteiger partial charge on any atom is -0.371 e. The van der Waals surface area contributed by atoms with Gasteiger partial charge in [0.2, 0.25) is 0 Å². The molecule has 1 atom stereocenters. The van der Waals surface area contributed by atoms with Crippen LogP contribution in [0.4, 0.5) is 5.69 Å². The number of hydrogen-bond acceptors (Lipinski definition) is 2. The van der Waals surface area contributed by atoms with E-state index in [1.54, 1.807) is 0 Å². The summed E-state index contributed by atoms with van der Waals surface area (Å²) in [6.45, 7) is 4.63. The standard InChI is InChI=1S/C16H25BrN2/c1-13(18-2)15-12-14(17)8-9-16(15)19-10-6-4-3-5-7-11-19/h8-9,12-13,18H,3-7,10-11H2,1-2H3. The topological polar surface area (TPSA) is 15.3 Å². The Balaban J connectivity index is 2.25. The number of halogens is 1. The summed E-state index contributed by atoms with van der Waals surface area (Å²) in [6, 6.07) is 7.09. The molecule has 0 radical (unpaired) electrons. The van der Waals surface area contributed by atoms with Gasteiger partial charge < -0.3 is 10.2 Å². The molecule has 1 aliphatic heterocycles. The van der Waals surface area contributed by atoms with Crippen molar-refractivity contribution in [2.75, 3.05) is 25.0 Å². The lowest BCUT2D eigenvalue weighted by molar-refractivity contribution is 0.552. The van der Waals surface area contributed by atoms with Gasteiger partial charge >= 0.3 is 0 Å². The monoisotopic (exact) mass is 324 g/mol. The molecule has 1 N–H and O–H groups in total. The van der Waals surface area contributed by atoms with E-state index in [0.29, 0.717) is 6.04 Å². The maximum Gasteiger partial charge on any atom is 0.0415 e. The van der Waals surface area contributed by atoms with Crippen molar-refractivity contribution in [3.63, 3.8) is 0 Å². The Morgan fingerprint density at radius 2 is 1.74 bits per heavy atom. The average molecular weight is 325 g/mol. The number of hydrogen-bond donors (Lipinski definition) is 1. The van der Waals surface area contributed by atoms with Crippen molar-refractivity contribution in [2.45, 2.75) is 45.1 Å². The highest BCUT2D eigenvalue weighted by Crippen LogP contribution is 2.30. The Hall–Kier alpha value is -0.540. The van der Waals surface area contributed by atoms with E-state index < -0.39 is 0 Å². The van der Waals surface area contributed by atoms with Crippen LogP contribution in [0.5, 0.6) is 0 Å². The highest BCUT2D eigenvalue weighted by molar-refractivity contribution is 9.10. The van der Waals surface area contributed by atoms with Crippen LogP contribution in [0, 0.1) is 0 Å². The number of rotatable bonds is 3. The van der Waals surface area contributed by atoms with Gasteiger partial charge in [0.15, 0.2) is 0 Å². The smallest absolute Gasteiger partial charge is 0.0415 e. The number of benzene rings is 1. The van der Waals surface area contributed by atoms with Gasteiger partial charge in [0.25, 0.3) is 0 Å². The lowest BCUT2D eigenvalue weighted by Crippen LogP contribution is -2.29. The van der Waals surface area contributed by atoms with E-state index in [0.717, 1.165) is 0 Å². The van der Waals surface area contributed by atoms with Crippen molar-refractivity contribution in [3.05, 3.63) is 28.2 Å². The molecule has 0 aliphatic carbocycles. The fourth-order valence-corrected chi connectivity index (χ4v) is 3.18. The van der Waals surface area contributed by atoms with E-state index in [1.807, 2.05) is 7.05 Å². The zero-order chi connectivity index (χ0) is 13.7. The maximum absolute atomic E-state index is 3.60. The molecule has 1 aromatic rings. The van der Waals surface area contributed by atoms with Crippen LogP contribution >= 0.6 is 15.9 Å². The van der Waals surface area contributed by atoms with E-state index in [1.165, 1.54) is 60.9 Å². The molecular weight excluding hydrogens is 300 g/mol. The van der Waals surface area contributed by atoms with Crippen LogP contribution in [-0.4, -0.2) is 20.1 Å². The normalized spacial score (nSPS) is 18.8. The summed E-state index contributed by atoms with van der Waals surface area (Å²) in [7, 11) is 2.03. The fourth-order valence-electron chi connectivity index (χ4n) is 2.80. The van der Waals surface area contributed by atoms with E-state index in [-0.39, 0.29) is 0 Å². The van der Waals surface area contributed by atoms with E-state index >= 15 is 0 Å². The number of anilines is 1. The molecule has 2 rings (SSSR count). The third-order valence-electron chi connectivity index (χ3n) is 4.09. The van der Waals surface area contributed by atoms with Crippen molar-refractivity contribution in [2.24, 2.45) is 0 Å². The average Bonchev–Trinajstić information content (AvgIpc) is 2.38. The number of nitrogens with zero attached hydrogens (tertiary/aromatic N) is 1. The highest BCUT2D eigenvalue weighted by Gasteiger charge is 2.16. The SMILES string of the molecule is CNC(C)c1cc(Br)ccc1N1CCCCCCC1. The summed E-state index contributed by atoms with van der Waals surface area (Å²) < 4.78 is 1.17. The first-order valence-corrected chi connectivity index (χ1v) is 8.23. The third-order valence-corrected chi connectivity index (χ3v) is 4.58. The molecular formula is C16H25BrN2. The predicted octanol–water partition coefficient (Wildman–Crippen LogP) is 4.50. The van der Waals surface area contributed by atoms with Crippen molar-refractivity contribution in [1.82, 2.24) is 5.32 Å². The molecule has 1 saturated heterocycles. The van der Waals surface area contributed by atoms with Gasteiger partial charge in [0.1, 0.15) is 0 Å². The molecule has 3 heteroatoms. The van der Waals surface area contributed by atoms with Crippen molar-refractivity contribution < 1.29 is 0 Å². The van der Waals surface area contributed by atoms with Crippen molar-refractivity contribution in [3.8, 4) is 0 Å². The van der Waals surface area contributed by atoms with Gasteiger partial charge in [-0.3, -0.25) is 0 Å². The Labute approximate surface area is 125 Å². The zero-order valence-electron chi connectivity index (χ0n) is 12.1. The van der Waals surface area contributed by atoms with Gasteiger partial charge in [0.05, 0.1) is 0 Å². The Morgan fingerprint density at radius 1 is 1.11 bits per heavy atom. The van der Waals surface area contributed by atoms with E-state index in [4.69, 9.17) is 0 Å². The predicted molar refractivity (Wildman–Crippen MR) is 86.9 cm³/mol. The molecule has 2 nitrogen and oxygen atoms in total. The van der Waals surface area contributed by atoms with Crippen LogP contribution < -0.4 is 10.2 Å². The molecule has 1 aliphatic rings. The first kappa shape index (κ1) is 14.9. The molecule has 1 heterocycles. The summed E-state index contributed by atoms with van der Waals surface area (Å²) in [5.41, 5.74) is 2.81. The quantitative estimate of drug-likeness (QED) is 0.880. The van der Waals surface area contributed by atoms with Crippen LogP contribution in [-0.2, 0) is 0 Å². The van der Waals surface area contributed by atoms with Crippen LogP contribution in [0.15, 0.2) is 22.7 Å². The molecule has 19 heavy (non-hydrogen) atoms. The maximum atomic E-state index is 3.60. The molecule has 0 amide bonds. The largest absolute Gasteiger partial charge is 0.371 e. The van der Waals surface area contributed by atoms with Gasteiger partial charge in [-0.25, -0.2) is 0 Å². The second-order valence-electron chi connectivity index (χ2n) is 5.47. The van der Waals surface area contributed by atoms with E-state index in [2.05, 4.69) is 51.3 Å². The van der Waals surface area contributed by atoms with Gasteiger partial charge in [0, 0.05) is 29.3 Å². The molecule has 0 bridgehead atoms. The third kappa shape index (κ3) is 3.96. The first-order chi connectivity index (χ1) is 9.22. The second-order valence-corrected chi connectivity index (χ2v) is 6.38. The minimum absolute atomic E-state index is 0.387. The minimum atomic E-state index is 0.387. The molecule has 1 unspecified atom stereocenters. The molecule has 0 spiro atoms. The number of nitrogens with one attached hydrogen (secondary N) is 1. The van der Waals surface area contributed by atoms with Gasteiger partial charge in [-0.2, -0.15) is 0 Å². The highest BCUT2D eigenvalue weighted by atomic mass is 79.9. The summed E-state index contributed by atoms with van der Waals surface area (Å²) in [5.74, 6) is 0. The molecule has 0 aromatic heterocycles. The van der Waals surface area contributed by atoms with Crippen LogP contribution in [0.1, 0.15) is 50.6 Å². The van der Waals surface area contributed by atoms with Crippen LogP contribution in [0.25, 0.3) is 0 Å². The molecule has 106 valence electrons.